The minimum Gasteiger partial charge on any atom is -0.316 e. The average Bonchev–Trinajstić information content (AvgIpc) is 2.68. The lowest BCUT2D eigenvalue weighted by molar-refractivity contribution is -0.121. The van der Waals surface area contributed by atoms with Crippen LogP contribution in [-0.2, 0) is 4.79 Å². The Kier molecular flexibility index (Phi) is 4.39. The lowest BCUT2D eigenvalue weighted by atomic mass is 9.88. The molecule has 0 aliphatic carbocycles. The van der Waals surface area contributed by atoms with Gasteiger partial charge in [0.15, 0.2) is 5.13 Å². The van der Waals surface area contributed by atoms with Crippen LogP contribution >= 0.6 is 23.7 Å². The molecular weight excluding hydrogens is 282 g/mol. The molecule has 2 aromatic rings. The van der Waals surface area contributed by atoms with Gasteiger partial charge < -0.3 is 10.6 Å². The molecule has 6 heteroatoms. The number of amides is 1. The van der Waals surface area contributed by atoms with Gasteiger partial charge in [-0.15, -0.1) is 12.4 Å². The molecule has 102 valence electrons. The second-order valence-corrected chi connectivity index (χ2v) is 5.71. The van der Waals surface area contributed by atoms with Crippen molar-refractivity contribution in [2.45, 2.75) is 6.92 Å². The number of hydrogen-bond donors (Lipinski definition) is 2. The fourth-order valence-electron chi connectivity index (χ4n) is 2.02. The number of aromatic nitrogens is 1. The van der Waals surface area contributed by atoms with E-state index in [9.17, 15) is 4.79 Å². The summed E-state index contributed by atoms with van der Waals surface area (Å²) in [7, 11) is 0. The third kappa shape index (κ3) is 2.88. The van der Waals surface area contributed by atoms with Crippen molar-refractivity contribution < 1.29 is 4.79 Å². The molecule has 4 nitrogen and oxygen atoms in total. The summed E-state index contributed by atoms with van der Waals surface area (Å²) in [5.74, 6) is 0.568. The molecule has 0 radical (unpaired) electrons. The minimum absolute atomic E-state index is 0. The second kappa shape index (κ2) is 5.86. The fourth-order valence-corrected chi connectivity index (χ4v) is 2.89. The van der Waals surface area contributed by atoms with Gasteiger partial charge in [-0.3, -0.25) is 4.79 Å². The number of thiazole rings is 1. The third-order valence-electron chi connectivity index (χ3n) is 3.46. The van der Waals surface area contributed by atoms with Crippen LogP contribution in [0.4, 0.5) is 5.13 Å². The Hall–Kier alpha value is -1.17. The Morgan fingerprint density at radius 1 is 1.47 bits per heavy atom. The zero-order chi connectivity index (χ0) is 12.5. The first kappa shape index (κ1) is 14.2. The average molecular weight is 298 g/mol. The zero-order valence-electron chi connectivity index (χ0n) is 10.6. The van der Waals surface area contributed by atoms with Crippen LogP contribution in [0, 0.1) is 11.8 Å². The molecule has 1 amide bonds. The molecule has 1 aliphatic rings. The second-order valence-electron chi connectivity index (χ2n) is 4.68. The largest absolute Gasteiger partial charge is 0.316 e. The van der Waals surface area contributed by atoms with Gasteiger partial charge in [-0.2, -0.15) is 0 Å². The topological polar surface area (TPSA) is 54.0 Å². The maximum absolute atomic E-state index is 12.1. The van der Waals surface area contributed by atoms with E-state index >= 15 is 0 Å². The molecule has 1 fully saturated rings. The van der Waals surface area contributed by atoms with Crippen LogP contribution in [0.25, 0.3) is 10.2 Å². The van der Waals surface area contributed by atoms with Crippen LogP contribution in [0.1, 0.15) is 6.92 Å². The van der Waals surface area contributed by atoms with Gasteiger partial charge in [-0.1, -0.05) is 30.4 Å². The van der Waals surface area contributed by atoms with Gasteiger partial charge >= 0.3 is 0 Å². The highest BCUT2D eigenvalue weighted by Crippen LogP contribution is 2.26. The lowest BCUT2D eigenvalue weighted by Gasteiger charge is -2.31. The number of rotatable bonds is 3. The molecule has 1 aromatic carbocycles. The predicted molar refractivity (Wildman–Crippen MR) is 81.0 cm³/mol. The van der Waals surface area contributed by atoms with Crippen molar-refractivity contribution in [2.75, 3.05) is 18.4 Å². The maximum Gasteiger partial charge on any atom is 0.229 e. The number of fused-ring (bicyclic) bond motifs is 1. The van der Waals surface area contributed by atoms with E-state index in [4.69, 9.17) is 0 Å². The van der Waals surface area contributed by atoms with Gasteiger partial charge in [0.05, 0.1) is 10.2 Å². The van der Waals surface area contributed by atoms with Crippen molar-refractivity contribution in [1.29, 1.82) is 0 Å². The van der Waals surface area contributed by atoms with E-state index in [1.54, 1.807) is 0 Å². The fraction of sp³-hybridized carbons (Fsp3) is 0.385. The predicted octanol–water partition coefficient (Wildman–Crippen LogP) is 2.51. The van der Waals surface area contributed by atoms with Crippen molar-refractivity contribution in [1.82, 2.24) is 10.3 Å². The monoisotopic (exact) mass is 297 g/mol. The molecule has 1 unspecified atom stereocenters. The number of anilines is 1. The number of halogens is 1. The Morgan fingerprint density at radius 3 is 2.84 bits per heavy atom. The number of hydrogen-bond acceptors (Lipinski definition) is 4. The van der Waals surface area contributed by atoms with Crippen molar-refractivity contribution >= 4 is 45.0 Å². The third-order valence-corrected chi connectivity index (χ3v) is 4.41. The van der Waals surface area contributed by atoms with Crippen LogP contribution in [0.3, 0.4) is 0 Å². The maximum atomic E-state index is 12.1. The molecular formula is C13H16ClN3OS. The van der Waals surface area contributed by atoms with Gasteiger partial charge in [0.2, 0.25) is 5.91 Å². The van der Waals surface area contributed by atoms with Gasteiger partial charge in [0.1, 0.15) is 0 Å². The van der Waals surface area contributed by atoms with E-state index in [0.29, 0.717) is 11.0 Å². The van der Waals surface area contributed by atoms with Crippen LogP contribution in [0.2, 0.25) is 0 Å². The first-order valence-corrected chi connectivity index (χ1v) is 6.93. The Labute approximate surface area is 122 Å². The number of para-hydroxylation sites is 1. The summed E-state index contributed by atoms with van der Waals surface area (Å²) < 4.78 is 1.10. The Morgan fingerprint density at radius 2 is 2.21 bits per heavy atom. The smallest absolute Gasteiger partial charge is 0.229 e. The van der Waals surface area contributed by atoms with E-state index in [1.165, 1.54) is 11.3 Å². The van der Waals surface area contributed by atoms with Crippen LogP contribution in [0.15, 0.2) is 24.3 Å². The molecule has 1 aliphatic heterocycles. The highest BCUT2D eigenvalue weighted by molar-refractivity contribution is 7.22. The van der Waals surface area contributed by atoms with Crippen LogP contribution in [0.5, 0.6) is 0 Å². The molecule has 0 bridgehead atoms. The highest BCUT2D eigenvalue weighted by atomic mass is 35.5. The van der Waals surface area contributed by atoms with Crippen molar-refractivity contribution in [3.63, 3.8) is 0 Å². The summed E-state index contributed by atoms with van der Waals surface area (Å²) in [6.07, 6.45) is 0. The first-order valence-electron chi connectivity index (χ1n) is 6.11. The summed E-state index contributed by atoms with van der Waals surface area (Å²) in [5, 5.41) is 6.81. The molecule has 0 saturated carbocycles. The number of carbonyl (C=O) groups is 1. The van der Waals surface area contributed by atoms with Gasteiger partial charge in [-0.25, -0.2) is 4.98 Å². The van der Waals surface area contributed by atoms with E-state index in [0.717, 1.165) is 23.3 Å². The van der Waals surface area contributed by atoms with Gasteiger partial charge in [-0.05, 0) is 31.1 Å². The number of nitrogens with zero attached hydrogens (tertiary/aromatic N) is 1. The van der Waals surface area contributed by atoms with E-state index in [-0.39, 0.29) is 24.2 Å². The molecule has 1 saturated heterocycles. The molecule has 1 aromatic heterocycles. The van der Waals surface area contributed by atoms with E-state index < -0.39 is 0 Å². The molecule has 3 rings (SSSR count). The Balaban J connectivity index is 0.00000133. The summed E-state index contributed by atoms with van der Waals surface area (Å²) in [5.41, 5.74) is 0.941. The van der Waals surface area contributed by atoms with Gasteiger partial charge in [0, 0.05) is 5.92 Å². The van der Waals surface area contributed by atoms with Crippen LogP contribution < -0.4 is 10.6 Å². The summed E-state index contributed by atoms with van der Waals surface area (Å²) in [6.45, 7) is 3.86. The minimum atomic E-state index is 0. The van der Waals surface area contributed by atoms with Crippen molar-refractivity contribution in [3.05, 3.63) is 24.3 Å². The number of nitrogens with one attached hydrogen (secondary N) is 2. The highest BCUT2D eigenvalue weighted by Gasteiger charge is 2.29. The molecule has 2 heterocycles. The number of carbonyl (C=O) groups excluding carboxylic acids is 1. The summed E-state index contributed by atoms with van der Waals surface area (Å²) >= 11 is 1.52. The number of benzene rings is 1. The molecule has 2 N–H and O–H groups in total. The standard InChI is InChI=1S/C13H15N3OS.ClH/c1-8(9-6-14-7-9)12(17)16-13-15-10-4-2-3-5-11(10)18-13;/h2-5,8-9,14H,6-7H2,1H3,(H,15,16,17);1H. The quantitative estimate of drug-likeness (QED) is 0.915. The zero-order valence-corrected chi connectivity index (χ0v) is 12.2. The SMILES string of the molecule is CC(C(=O)Nc1nc2ccccc2s1)C1CNC1.Cl. The molecule has 1 atom stereocenters. The van der Waals surface area contributed by atoms with Crippen molar-refractivity contribution in [2.24, 2.45) is 11.8 Å². The normalized spacial score (nSPS) is 16.5. The Bertz CT molecular complexity index is 549. The van der Waals surface area contributed by atoms with E-state index in [1.807, 2.05) is 31.2 Å². The first-order chi connectivity index (χ1) is 8.74. The van der Waals surface area contributed by atoms with Gasteiger partial charge in [0.25, 0.3) is 0 Å². The van der Waals surface area contributed by atoms with E-state index in [2.05, 4.69) is 15.6 Å². The van der Waals surface area contributed by atoms with Crippen molar-refractivity contribution in [3.8, 4) is 0 Å². The summed E-state index contributed by atoms with van der Waals surface area (Å²) in [4.78, 5) is 16.5. The lowest BCUT2D eigenvalue weighted by Crippen LogP contribution is -2.48. The summed E-state index contributed by atoms with van der Waals surface area (Å²) in [6, 6.07) is 7.91. The molecule has 19 heavy (non-hydrogen) atoms. The molecule has 0 spiro atoms. The van der Waals surface area contributed by atoms with Crippen LogP contribution in [-0.4, -0.2) is 24.0 Å².